The molecule has 0 aliphatic rings. The first-order valence-electron chi connectivity index (χ1n) is 6.48. The fourth-order valence-electron chi connectivity index (χ4n) is 1.98. The van der Waals surface area contributed by atoms with Gasteiger partial charge < -0.3 is 16.2 Å². The van der Waals surface area contributed by atoms with Crippen LogP contribution in [0.25, 0.3) is 0 Å². The molecule has 0 bridgehead atoms. The second-order valence-corrected chi connectivity index (χ2v) is 4.72. The lowest BCUT2D eigenvalue weighted by Crippen LogP contribution is -2.24. The Morgan fingerprint density at radius 2 is 1.52 bits per heavy atom. The van der Waals surface area contributed by atoms with E-state index in [0.717, 1.165) is 16.8 Å². The normalized spacial score (nSPS) is 12.7. The van der Waals surface area contributed by atoms with Gasteiger partial charge in [-0.3, -0.25) is 0 Å². The van der Waals surface area contributed by atoms with Crippen LogP contribution >= 0.6 is 24.8 Å². The van der Waals surface area contributed by atoms with Crippen LogP contribution < -0.4 is 11.1 Å². The third-order valence-electron chi connectivity index (χ3n) is 3.24. The van der Waals surface area contributed by atoms with Crippen LogP contribution in [0.1, 0.15) is 30.2 Å². The van der Waals surface area contributed by atoms with Crippen molar-refractivity contribution in [1.29, 1.82) is 0 Å². The number of aliphatic hydroxyl groups is 1. The van der Waals surface area contributed by atoms with Gasteiger partial charge in [-0.25, -0.2) is 0 Å². The summed E-state index contributed by atoms with van der Waals surface area (Å²) in [6, 6.07) is 17.6. The molecule has 0 amide bonds. The molecule has 1 unspecified atom stereocenters. The quantitative estimate of drug-likeness (QED) is 0.736. The Bertz CT molecular complexity index is 505. The third kappa shape index (κ3) is 5.94. The maximum atomic E-state index is 10.1. The van der Waals surface area contributed by atoms with Gasteiger partial charge in [0.15, 0.2) is 0 Å². The molecule has 2 aromatic carbocycles. The van der Waals surface area contributed by atoms with Crippen LogP contribution in [-0.4, -0.2) is 11.7 Å². The largest absolute Gasteiger partial charge is 0.399 e. The molecule has 2 aromatic rings. The number of nitrogens with one attached hydrogen (secondary N) is 1. The number of halogens is 2. The fraction of sp³-hybridized carbons (Fsp3) is 0.250. The number of rotatable bonds is 5. The number of hydrogen-bond donors (Lipinski definition) is 3. The molecule has 0 fully saturated rings. The smallest absolute Gasteiger partial charge is 0.0914 e. The SMILES string of the molecule is CC(NC[C@H](O)c1ccccc1)c1ccc(N)cc1.Cl.Cl. The van der Waals surface area contributed by atoms with Gasteiger partial charge in [-0.2, -0.15) is 0 Å². The Morgan fingerprint density at radius 1 is 0.952 bits per heavy atom. The van der Waals surface area contributed by atoms with E-state index in [1.54, 1.807) is 0 Å². The molecule has 2 rings (SSSR count). The van der Waals surface area contributed by atoms with Gasteiger partial charge in [-0.05, 0) is 30.2 Å². The van der Waals surface area contributed by atoms with Crippen LogP contribution in [0.4, 0.5) is 5.69 Å². The standard InChI is InChI=1S/C16H20N2O.2ClH/c1-12(13-7-9-15(17)10-8-13)18-11-16(19)14-5-3-2-4-6-14;;/h2-10,12,16,18-19H,11,17H2,1H3;2*1H/t12?,16-;;/m0../s1. The summed E-state index contributed by atoms with van der Waals surface area (Å²) in [4.78, 5) is 0. The van der Waals surface area contributed by atoms with Crippen LogP contribution in [0.3, 0.4) is 0 Å². The van der Waals surface area contributed by atoms with Crippen molar-refractivity contribution in [2.45, 2.75) is 19.1 Å². The Hall–Kier alpha value is -1.26. The lowest BCUT2D eigenvalue weighted by atomic mass is 10.1. The van der Waals surface area contributed by atoms with E-state index in [0.29, 0.717) is 6.54 Å². The van der Waals surface area contributed by atoms with Crippen molar-refractivity contribution in [3.05, 3.63) is 65.7 Å². The summed E-state index contributed by atoms with van der Waals surface area (Å²) in [5, 5.41) is 13.4. The van der Waals surface area contributed by atoms with Gasteiger partial charge in [0.25, 0.3) is 0 Å². The molecular weight excluding hydrogens is 307 g/mol. The third-order valence-corrected chi connectivity index (χ3v) is 3.24. The van der Waals surface area contributed by atoms with E-state index in [9.17, 15) is 5.11 Å². The van der Waals surface area contributed by atoms with Gasteiger partial charge >= 0.3 is 0 Å². The number of benzene rings is 2. The molecular formula is C16H22Cl2N2O. The maximum Gasteiger partial charge on any atom is 0.0914 e. The van der Waals surface area contributed by atoms with E-state index in [1.807, 2.05) is 54.6 Å². The van der Waals surface area contributed by atoms with E-state index < -0.39 is 6.10 Å². The molecule has 2 atom stereocenters. The molecule has 21 heavy (non-hydrogen) atoms. The second kappa shape index (κ2) is 9.64. The van der Waals surface area contributed by atoms with E-state index >= 15 is 0 Å². The van der Waals surface area contributed by atoms with Crippen molar-refractivity contribution in [1.82, 2.24) is 5.32 Å². The molecule has 0 saturated carbocycles. The number of nitrogen functional groups attached to an aromatic ring is 1. The van der Waals surface area contributed by atoms with E-state index in [1.165, 1.54) is 0 Å². The van der Waals surface area contributed by atoms with Crippen molar-refractivity contribution in [3.8, 4) is 0 Å². The molecule has 0 spiro atoms. The summed E-state index contributed by atoms with van der Waals surface area (Å²) in [5.74, 6) is 0. The highest BCUT2D eigenvalue weighted by Crippen LogP contribution is 2.16. The molecule has 0 saturated heterocycles. The zero-order valence-corrected chi connectivity index (χ0v) is 13.5. The molecule has 0 aromatic heterocycles. The van der Waals surface area contributed by atoms with E-state index in [4.69, 9.17) is 5.73 Å². The Labute approximate surface area is 138 Å². The molecule has 0 radical (unpaired) electrons. The minimum absolute atomic E-state index is 0. The molecule has 5 heteroatoms. The highest BCUT2D eigenvalue weighted by molar-refractivity contribution is 5.85. The summed E-state index contributed by atoms with van der Waals surface area (Å²) in [7, 11) is 0. The lowest BCUT2D eigenvalue weighted by molar-refractivity contribution is 0.171. The average Bonchev–Trinajstić information content (AvgIpc) is 2.46. The first-order chi connectivity index (χ1) is 9.16. The summed E-state index contributed by atoms with van der Waals surface area (Å²) < 4.78 is 0. The minimum Gasteiger partial charge on any atom is -0.399 e. The summed E-state index contributed by atoms with van der Waals surface area (Å²) >= 11 is 0. The lowest BCUT2D eigenvalue weighted by Gasteiger charge is -2.18. The minimum atomic E-state index is -0.488. The van der Waals surface area contributed by atoms with Crippen LogP contribution in [-0.2, 0) is 0 Å². The van der Waals surface area contributed by atoms with Crippen LogP contribution in [0.5, 0.6) is 0 Å². The van der Waals surface area contributed by atoms with Crippen molar-refractivity contribution < 1.29 is 5.11 Å². The first kappa shape index (κ1) is 19.7. The summed E-state index contributed by atoms with van der Waals surface area (Å²) in [6.45, 7) is 2.60. The molecule has 3 nitrogen and oxygen atoms in total. The van der Waals surface area contributed by atoms with Gasteiger partial charge in [0, 0.05) is 18.3 Å². The highest BCUT2D eigenvalue weighted by Gasteiger charge is 2.10. The first-order valence-corrected chi connectivity index (χ1v) is 6.48. The van der Waals surface area contributed by atoms with Crippen molar-refractivity contribution in [2.24, 2.45) is 0 Å². The number of aliphatic hydroxyl groups excluding tert-OH is 1. The van der Waals surface area contributed by atoms with Gasteiger partial charge in [0.2, 0.25) is 0 Å². The highest BCUT2D eigenvalue weighted by atomic mass is 35.5. The average molecular weight is 329 g/mol. The zero-order chi connectivity index (χ0) is 13.7. The summed E-state index contributed by atoms with van der Waals surface area (Å²) in [5.41, 5.74) is 8.52. The van der Waals surface area contributed by atoms with Gasteiger partial charge in [0.1, 0.15) is 0 Å². The van der Waals surface area contributed by atoms with Crippen LogP contribution in [0.2, 0.25) is 0 Å². The molecule has 0 aliphatic carbocycles. The predicted octanol–water partition coefficient (Wildman–Crippen LogP) is 3.50. The van der Waals surface area contributed by atoms with Crippen molar-refractivity contribution in [2.75, 3.05) is 12.3 Å². The molecule has 0 aliphatic heterocycles. The summed E-state index contributed by atoms with van der Waals surface area (Å²) in [6.07, 6.45) is -0.488. The Balaban J connectivity index is 0.00000200. The fourth-order valence-corrected chi connectivity index (χ4v) is 1.98. The Kier molecular flexibility index (Phi) is 9.06. The zero-order valence-electron chi connectivity index (χ0n) is 11.9. The van der Waals surface area contributed by atoms with Gasteiger partial charge in [-0.15, -0.1) is 24.8 Å². The second-order valence-electron chi connectivity index (χ2n) is 4.72. The van der Waals surface area contributed by atoms with Gasteiger partial charge in [-0.1, -0.05) is 42.5 Å². The number of anilines is 1. The van der Waals surface area contributed by atoms with Gasteiger partial charge in [0.05, 0.1) is 6.10 Å². The van der Waals surface area contributed by atoms with Crippen molar-refractivity contribution >= 4 is 30.5 Å². The molecule has 116 valence electrons. The maximum absolute atomic E-state index is 10.1. The topological polar surface area (TPSA) is 58.3 Å². The predicted molar refractivity (Wildman–Crippen MR) is 93.2 cm³/mol. The monoisotopic (exact) mass is 328 g/mol. The van der Waals surface area contributed by atoms with Crippen molar-refractivity contribution in [3.63, 3.8) is 0 Å². The molecule has 0 heterocycles. The Morgan fingerprint density at radius 3 is 2.10 bits per heavy atom. The van der Waals surface area contributed by atoms with E-state index in [-0.39, 0.29) is 30.9 Å². The van der Waals surface area contributed by atoms with Crippen LogP contribution in [0.15, 0.2) is 54.6 Å². The van der Waals surface area contributed by atoms with E-state index in [2.05, 4.69) is 12.2 Å². The number of nitrogens with two attached hydrogens (primary N) is 1. The number of hydrogen-bond acceptors (Lipinski definition) is 3. The van der Waals surface area contributed by atoms with Crippen LogP contribution in [0, 0.1) is 0 Å². The molecule has 4 N–H and O–H groups in total.